The molecule has 1 saturated carbocycles. The highest BCUT2D eigenvalue weighted by molar-refractivity contribution is 7.99. The fourth-order valence-electron chi connectivity index (χ4n) is 2.36. The molecule has 2 rings (SSSR count). The van der Waals surface area contributed by atoms with Gasteiger partial charge in [-0.15, -0.1) is 0 Å². The van der Waals surface area contributed by atoms with E-state index in [0.29, 0.717) is 5.25 Å². The van der Waals surface area contributed by atoms with Crippen LogP contribution in [0.5, 0.6) is 0 Å². The van der Waals surface area contributed by atoms with E-state index in [-0.39, 0.29) is 17.4 Å². The van der Waals surface area contributed by atoms with E-state index in [1.54, 1.807) is 0 Å². The van der Waals surface area contributed by atoms with E-state index in [1.807, 2.05) is 11.8 Å². The maximum absolute atomic E-state index is 12.0. The first kappa shape index (κ1) is 14.0. The van der Waals surface area contributed by atoms with Crippen LogP contribution in [0.25, 0.3) is 0 Å². The average molecular weight is 283 g/mol. The third-order valence-corrected chi connectivity index (χ3v) is 4.46. The fraction of sp³-hybridized carbons (Fsp3) is 0.538. The van der Waals surface area contributed by atoms with Gasteiger partial charge in [-0.1, -0.05) is 6.92 Å². The highest BCUT2D eigenvalue weighted by atomic mass is 32.2. The summed E-state index contributed by atoms with van der Waals surface area (Å²) >= 11 is 1.91. The highest BCUT2D eigenvalue weighted by Gasteiger charge is 2.28. The number of carboxylic acids is 1. The molecule has 0 aromatic carbocycles. The molecule has 2 unspecified atom stereocenters. The molecule has 19 heavy (non-hydrogen) atoms. The first-order chi connectivity index (χ1) is 9.11. The number of rotatable bonds is 5. The average Bonchev–Trinajstić information content (AvgIpc) is 2.98. The second-order valence-electron chi connectivity index (χ2n) is 4.53. The van der Waals surface area contributed by atoms with Crippen LogP contribution >= 0.6 is 11.8 Å². The Balaban J connectivity index is 1.95. The Morgan fingerprint density at radius 3 is 3.00 bits per heavy atom. The lowest BCUT2D eigenvalue weighted by Crippen LogP contribution is -2.33. The lowest BCUT2D eigenvalue weighted by Gasteiger charge is -2.12. The first-order valence-corrected chi connectivity index (χ1v) is 7.40. The van der Waals surface area contributed by atoms with Crippen molar-refractivity contribution in [2.24, 2.45) is 0 Å². The van der Waals surface area contributed by atoms with E-state index in [9.17, 15) is 9.59 Å². The van der Waals surface area contributed by atoms with Gasteiger partial charge in [-0.2, -0.15) is 11.8 Å². The summed E-state index contributed by atoms with van der Waals surface area (Å²) in [5.74, 6) is -0.620. The van der Waals surface area contributed by atoms with Crippen molar-refractivity contribution in [2.45, 2.75) is 37.5 Å². The number of hydrogen-bond acceptors (Lipinski definition) is 4. The summed E-state index contributed by atoms with van der Waals surface area (Å²) in [7, 11) is 0. The number of nitrogens with one attached hydrogen (secondary N) is 1. The normalized spacial score (nSPS) is 22.4. The third-order valence-electron chi connectivity index (χ3n) is 3.22. The molecule has 0 aliphatic heterocycles. The molecule has 1 aliphatic rings. The van der Waals surface area contributed by atoms with E-state index in [4.69, 9.17) is 9.52 Å². The molecule has 5 nitrogen and oxygen atoms in total. The monoisotopic (exact) mass is 283 g/mol. The Hall–Kier alpha value is -1.43. The molecular formula is C13H17NO4S. The van der Waals surface area contributed by atoms with Crippen molar-refractivity contribution in [1.82, 2.24) is 5.32 Å². The number of carbonyl (C=O) groups is 2. The largest absolute Gasteiger partial charge is 0.478 e. The van der Waals surface area contributed by atoms with Gasteiger partial charge in [0.1, 0.15) is 5.56 Å². The van der Waals surface area contributed by atoms with E-state index in [0.717, 1.165) is 25.0 Å². The quantitative estimate of drug-likeness (QED) is 0.867. The zero-order chi connectivity index (χ0) is 13.8. The van der Waals surface area contributed by atoms with Crippen LogP contribution < -0.4 is 5.32 Å². The van der Waals surface area contributed by atoms with Gasteiger partial charge >= 0.3 is 5.97 Å². The van der Waals surface area contributed by atoms with Gasteiger partial charge in [0.2, 0.25) is 5.76 Å². The van der Waals surface area contributed by atoms with Gasteiger partial charge in [0.15, 0.2) is 0 Å². The number of carboxylic acid groups (broad SMARTS) is 1. The lowest BCUT2D eigenvalue weighted by molar-refractivity contribution is 0.0687. The zero-order valence-corrected chi connectivity index (χ0v) is 11.5. The van der Waals surface area contributed by atoms with Gasteiger partial charge in [0.05, 0.1) is 6.26 Å². The van der Waals surface area contributed by atoms with Gasteiger partial charge < -0.3 is 14.8 Å². The van der Waals surface area contributed by atoms with Crippen molar-refractivity contribution in [3.63, 3.8) is 0 Å². The number of aromatic carboxylic acids is 1. The Bertz CT molecular complexity index is 471. The molecule has 0 radical (unpaired) electrons. The maximum atomic E-state index is 12.0. The van der Waals surface area contributed by atoms with Crippen LogP contribution in [0.4, 0.5) is 0 Å². The molecule has 0 bridgehead atoms. The predicted octanol–water partition coefficient (Wildman–Crippen LogP) is 2.38. The molecular weight excluding hydrogens is 266 g/mol. The summed E-state index contributed by atoms with van der Waals surface area (Å²) < 4.78 is 4.97. The van der Waals surface area contributed by atoms with Crippen molar-refractivity contribution in [1.29, 1.82) is 0 Å². The van der Waals surface area contributed by atoms with Gasteiger partial charge in [0, 0.05) is 11.3 Å². The van der Waals surface area contributed by atoms with Gasteiger partial charge in [-0.3, -0.25) is 4.79 Å². The van der Waals surface area contributed by atoms with E-state index in [1.165, 1.54) is 12.3 Å². The predicted molar refractivity (Wildman–Crippen MR) is 72.7 cm³/mol. The minimum atomic E-state index is -1.15. The third kappa shape index (κ3) is 3.32. The number of amides is 1. The number of carbonyl (C=O) groups excluding carboxylic acids is 1. The Morgan fingerprint density at radius 1 is 1.53 bits per heavy atom. The van der Waals surface area contributed by atoms with Crippen molar-refractivity contribution in [3.05, 3.63) is 23.7 Å². The van der Waals surface area contributed by atoms with Crippen LogP contribution in [0.3, 0.4) is 0 Å². The SMILES string of the molecule is CCSC1CCC(NC(=O)c2occc2C(=O)O)C1. The first-order valence-electron chi connectivity index (χ1n) is 6.35. The Kier molecular flexibility index (Phi) is 4.52. The molecule has 1 fully saturated rings. The van der Waals surface area contributed by atoms with Crippen LogP contribution in [-0.2, 0) is 0 Å². The molecule has 6 heteroatoms. The van der Waals surface area contributed by atoms with Gasteiger partial charge in [0.25, 0.3) is 5.91 Å². The number of thioether (sulfide) groups is 1. The summed E-state index contributed by atoms with van der Waals surface area (Å²) in [6.45, 7) is 2.12. The lowest BCUT2D eigenvalue weighted by atomic mass is 10.2. The molecule has 0 spiro atoms. The molecule has 1 heterocycles. The van der Waals surface area contributed by atoms with Crippen LogP contribution in [0.1, 0.15) is 47.1 Å². The summed E-state index contributed by atoms with van der Waals surface area (Å²) in [4.78, 5) is 22.9. The molecule has 1 aliphatic carbocycles. The Labute approximate surface area is 115 Å². The summed E-state index contributed by atoms with van der Waals surface area (Å²) in [5.41, 5.74) is -0.0880. The number of furan rings is 1. The summed E-state index contributed by atoms with van der Waals surface area (Å²) in [6.07, 6.45) is 4.19. The topological polar surface area (TPSA) is 79.5 Å². The van der Waals surface area contributed by atoms with Crippen molar-refractivity contribution < 1.29 is 19.1 Å². The van der Waals surface area contributed by atoms with Crippen molar-refractivity contribution in [3.8, 4) is 0 Å². The second-order valence-corrected chi connectivity index (χ2v) is 6.11. The smallest absolute Gasteiger partial charge is 0.339 e. The van der Waals surface area contributed by atoms with Crippen molar-refractivity contribution in [2.75, 3.05) is 5.75 Å². The molecule has 2 N–H and O–H groups in total. The minimum absolute atomic E-state index is 0.0880. The van der Waals surface area contributed by atoms with Crippen LogP contribution in [-0.4, -0.2) is 34.0 Å². The van der Waals surface area contributed by atoms with Crippen LogP contribution in [0.15, 0.2) is 16.7 Å². The van der Waals surface area contributed by atoms with Crippen LogP contribution in [0.2, 0.25) is 0 Å². The molecule has 0 saturated heterocycles. The van der Waals surface area contributed by atoms with Gasteiger partial charge in [-0.05, 0) is 31.1 Å². The van der Waals surface area contributed by atoms with E-state index < -0.39 is 11.9 Å². The number of hydrogen-bond donors (Lipinski definition) is 2. The fourth-order valence-corrected chi connectivity index (χ4v) is 3.51. The van der Waals surface area contributed by atoms with Crippen LogP contribution in [0, 0.1) is 0 Å². The van der Waals surface area contributed by atoms with Crippen molar-refractivity contribution >= 4 is 23.6 Å². The standard InChI is InChI=1S/C13H17NO4S/c1-2-19-9-4-3-8(7-9)14-12(15)11-10(13(16)17)5-6-18-11/h5-6,8-9H,2-4,7H2,1H3,(H,14,15)(H,16,17). The molecule has 104 valence electrons. The molecule has 1 aromatic heterocycles. The Morgan fingerprint density at radius 2 is 2.32 bits per heavy atom. The summed E-state index contributed by atoms with van der Waals surface area (Å²) in [5, 5.41) is 12.4. The van der Waals surface area contributed by atoms with Gasteiger partial charge in [-0.25, -0.2) is 4.79 Å². The zero-order valence-electron chi connectivity index (χ0n) is 10.7. The van der Waals surface area contributed by atoms with E-state index >= 15 is 0 Å². The van der Waals surface area contributed by atoms with E-state index in [2.05, 4.69) is 12.2 Å². The molecule has 1 amide bonds. The molecule has 2 atom stereocenters. The maximum Gasteiger partial charge on any atom is 0.339 e. The highest BCUT2D eigenvalue weighted by Crippen LogP contribution is 2.29. The second kappa shape index (κ2) is 6.14. The minimum Gasteiger partial charge on any atom is -0.478 e. The molecule has 1 aromatic rings. The summed E-state index contributed by atoms with van der Waals surface area (Å²) in [6, 6.07) is 1.41.